The minimum Gasteiger partial charge on any atom is -0.351 e. The van der Waals surface area contributed by atoms with Gasteiger partial charge >= 0.3 is 0 Å². The lowest BCUT2D eigenvalue weighted by Crippen LogP contribution is -2.26. The SMILES string of the molecule is N#C/C(=C\C=C\c1cccc(Br)n1)C(=O)NCCc1ccccc1. The van der Waals surface area contributed by atoms with Gasteiger partial charge < -0.3 is 5.32 Å². The van der Waals surface area contributed by atoms with Crippen molar-refractivity contribution in [3.05, 3.63) is 82.1 Å². The van der Waals surface area contributed by atoms with Crippen LogP contribution < -0.4 is 5.32 Å². The predicted octanol–water partition coefficient (Wildman–Crippen LogP) is 3.67. The highest BCUT2D eigenvalue weighted by Gasteiger charge is 2.06. The zero-order valence-corrected chi connectivity index (χ0v) is 14.5. The molecule has 1 aromatic heterocycles. The third kappa shape index (κ3) is 5.82. The Morgan fingerprint density at radius 3 is 2.71 bits per heavy atom. The average Bonchev–Trinajstić information content (AvgIpc) is 2.59. The van der Waals surface area contributed by atoms with Crippen LogP contribution in [0, 0.1) is 11.3 Å². The lowest BCUT2D eigenvalue weighted by molar-refractivity contribution is -0.117. The summed E-state index contributed by atoms with van der Waals surface area (Å²) >= 11 is 3.29. The molecular formula is C19H16BrN3O. The molecule has 5 heteroatoms. The maximum atomic E-state index is 12.0. The number of carbonyl (C=O) groups is 1. The zero-order valence-electron chi connectivity index (χ0n) is 12.9. The van der Waals surface area contributed by atoms with E-state index in [0.717, 1.165) is 22.3 Å². The van der Waals surface area contributed by atoms with Crippen LogP contribution in [0.3, 0.4) is 0 Å². The van der Waals surface area contributed by atoms with E-state index in [1.54, 1.807) is 12.2 Å². The summed E-state index contributed by atoms with van der Waals surface area (Å²) in [4.78, 5) is 16.2. The van der Waals surface area contributed by atoms with Crippen LogP contribution in [0.4, 0.5) is 0 Å². The maximum Gasteiger partial charge on any atom is 0.261 e. The van der Waals surface area contributed by atoms with Crippen LogP contribution in [0.25, 0.3) is 6.08 Å². The van der Waals surface area contributed by atoms with E-state index in [9.17, 15) is 4.79 Å². The van der Waals surface area contributed by atoms with Gasteiger partial charge in [-0.25, -0.2) is 4.98 Å². The number of hydrogen-bond acceptors (Lipinski definition) is 3. The quantitative estimate of drug-likeness (QED) is 0.359. The molecular weight excluding hydrogens is 366 g/mol. The number of benzene rings is 1. The van der Waals surface area contributed by atoms with Gasteiger partial charge in [-0.3, -0.25) is 4.79 Å². The number of carbonyl (C=O) groups excluding carboxylic acids is 1. The Morgan fingerprint density at radius 2 is 2.00 bits per heavy atom. The van der Waals surface area contributed by atoms with Crippen LogP contribution in [0.2, 0.25) is 0 Å². The molecule has 0 spiro atoms. The van der Waals surface area contributed by atoms with Crippen LogP contribution in [-0.2, 0) is 11.2 Å². The third-order valence-electron chi connectivity index (χ3n) is 3.17. The molecule has 0 aliphatic carbocycles. The molecule has 0 saturated carbocycles. The number of hydrogen-bond donors (Lipinski definition) is 1. The normalized spacial score (nSPS) is 11.2. The summed E-state index contributed by atoms with van der Waals surface area (Å²) in [5.74, 6) is -0.375. The van der Waals surface area contributed by atoms with Gasteiger partial charge in [-0.15, -0.1) is 0 Å². The Morgan fingerprint density at radius 1 is 1.21 bits per heavy atom. The summed E-state index contributed by atoms with van der Waals surface area (Å²) in [6, 6.07) is 17.3. The molecule has 1 amide bonds. The van der Waals surface area contributed by atoms with E-state index in [0.29, 0.717) is 6.54 Å². The molecule has 0 aliphatic heterocycles. The molecule has 0 atom stereocenters. The highest BCUT2D eigenvalue weighted by molar-refractivity contribution is 9.10. The molecule has 2 aromatic rings. The van der Waals surface area contributed by atoms with Crippen molar-refractivity contribution >= 4 is 27.9 Å². The molecule has 1 N–H and O–H groups in total. The number of nitrogens with zero attached hydrogens (tertiary/aromatic N) is 2. The molecule has 1 heterocycles. The van der Waals surface area contributed by atoms with E-state index < -0.39 is 0 Å². The van der Waals surface area contributed by atoms with E-state index in [1.807, 2.05) is 54.6 Å². The van der Waals surface area contributed by atoms with Gasteiger partial charge in [0.15, 0.2) is 0 Å². The molecule has 0 fully saturated rings. The number of rotatable bonds is 6. The van der Waals surface area contributed by atoms with Crippen molar-refractivity contribution in [3.63, 3.8) is 0 Å². The van der Waals surface area contributed by atoms with Crippen LogP contribution in [0.15, 0.2) is 70.9 Å². The number of amides is 1. The summed E-state index contributed by atoms with van der Waals surface area (Å²) in [6.45, 7) is 0.485. The Balaban J connectivity index is 1.90. The van der Waals surface area contributed by atoms with Gasteiger partial charge in [-0.2, -0.15) is 5.26 Å². The van der Waals surface area contributed by atoms with Crippen molar-refractivity contribution in [2.24, 2.45) is 0 Å². The molecule has 0 saturated heterocycles. The first-order chi connectivity index (χ1) is 11.7. The standard InChI is InChI=1S/C19H16BrN3O/c20-18-11-5-10-17(23-18)9-4-8-16(14-21)19(24)22-13-12-15-6-2-1-3-7-15/h1-11H,12-13H2,(H,22,24)/b9-4+,16-8+. The molecule has 0 bridgehead atoms. The summed E-state index contributed by atoms with van der Waals surface area (Å²) in [5, 5.41) is 11.9. The Hall–Kier alpha value is -2.71. The fourth-order valence-corrected chi connectivity index (χ4v) is 2.34. The summed E-state index contributed by atoms with van der Waals surface area (Å²) in [5.41, 5.74) is 1.94. The number of pyridine rings is 1. The molecule has 24 heavy (non-hydrogen) atoms. The highest BCUT2D eigenvalue weighted by Crippen LogP contribution is 2.07. The summed E-state index contributed by atoms with van der Waals surface area (Å²) in [7, 11) is 0. The number of nitriles is 1. The third-order valence-corrected chi connectivity index (χ3v) is 3.62. The lowest BCUT2D eigenvalue weighted by atomic mass is 10.1. The van der Waals surface area contributed by atoms with Crippen molar-refractivity contribution < 1.29 is 4.79 Å². The number of nitrogens with one attached hydrogen (secondary N) is 1. The molecule has 4 nitrogen and oxygen atoms in total. The van der Waals surface area contributed by atoms with Crippen LogP contribution in [0.5, 0.6) is 0 Å². The van der Waals surface area contributed by atoms with Crippen molar-refractivity contribution in [1.29, 1.82) is 5.26 Å². The topological polar surface area (TPSA) is 65.8 Å². The Bertz CT molecular complexity index is 792. The molecule has 0 unspecified atom stereocenters. The van der Waals surface area contributed by atoms with Gasteiger partial charge in [0.05, 0.1) is 5.69 Å². The summed E-state index contributed by atoms with van der Waals surface area (Å²) in [6.07, 6.45) is 5.59. The molecule has 2 rings (SSSR count). The van der Waals surface area contributed by atoms with Crippen molar-refractivity contribution in [3.8, 4) is 6.07 Å². The second-order valence-corrected chi connectivity index (χ2v) is 5.74. The molecule has 1 aromatic carbocycles. The van der Waals surface area contributed by atoms with Crippen molar-refractivity contribution in [2.75, 3.05) is 6.54 Å². The second-order valence-electron chi connectivity index (χ2n) is 4.93. The van der Waals surface area contributed by atoms with E-state index in [-0.39, 0.29) is 11.5 Å². The number of aromatic nitrogens is 1. The van der Waals surface area contributed by atoms with Gasteiger partial charge in [-0.05, 0) is 52.2 Å². The van der Waals surface area contributed by atoms with E-state index in [1.165, 1.54) is 6.08 Å². The largest absolute Gasteiger partial charge is 0.351 e. The maximum absolute atomic E-state index is 12.0. The first-order valence-electron chi connectivity index (χ1n) is 7.42. The van der Waals surface area contributed by atoms with Gasteiger partial charge in [0, 0.05) is 6.54 Å². The van der Waals surface area contributed by atoms with Crippen molar-refractivity contribution in [2.45, 2.75) is 6.42 Å². The number of halogens is 1. The van der Waals surface area contributed by atoms with E-state index >= 15 is 0 Å². The van der Waals surface area contributed by atoms with Gasteiger partial charge in [0.25, 0.3) is 5.91 Å². The molecule has 120 valence electrons. The Kier molecular flexibility index (Phi) is 6.93. The first-order valence-corrected chi connectivity index (χ1v) is 8.21. The van der Waals surface area contributed by atoms with Crippen LogP contribution in [-0.4, -0.2) is 17.4 Å². The first kappa shape index (κ1) is 17.6. The van der Waals surface area contributed by atoms with E-state index in [2.05, 4.69) is 26.2 Å². The zero-order chi connectivity index (χ0) is 17.2. The average molecular weight is 382 g/mol. The van der Waals surface area contributed by atoms with Crippen molar-refractivity contribution in [1.82, 2.24) is 10.3 Å². The fourth-order valence-electron chi connectivity index (χ4n) is 1.98. The highest BCUT2D eigenvalue weighted by atomic mass is 79.9. The minimum atomic E-state index is -0.375. The number of allylic oxidation sites excluding steroid dienone is 2. The van der Waals surface area contributed by atoms with Crippen LogP contribution >= 0.6 is 15.9 Å². The van der Waals surface area contributed by atoms with Gasteiger partial charge in [0.1, 0.15) is 16.2 Å². The van der Waals surface area contributed by atoms with Gasteiger partial charge in [-0.1, -0.05) is 42.5 Å². The fraction of sp³-hybridized carbons (Fsp3) is 0.105. The minimum absolute atomic E-state index is 0.0642. The van der Waals surface area contributed by atoms with Gasteiger partial charge in [0.2, 0.25) is 0 Å². The summed E-state index contributed by atoms with van der Waals surface area (Å²) < 4.78 is 0.729. The van der Waals surface area contributed by atoms with E-state index in [4.69, 9.17) is 5.26 Å². The lowest BCUT2D eigenvalue weighted by Gasteiger charge is -2.04. The Labute approximate surface area is 149 Å². The second kappa shape index (κ2) is 9.43. The molecule has 0 aliphatic rings. The smallest absolute Gasteiger partial charge is 0.261 e. The predicted molar refractivity (Wildman–Crippen MR) is 97.8 cm³/mol. The monoisotopic (exact) mass is 381 g/mol. The molecule has 0 radical (unpaired) electrons. The van der Waals surface area contributed by atoms with Crippen LogP contribution in [0.1, 0.15) is 11.3 Å².